The first-order valence-corrected chi connectivity index (χ1v) is 10.4. The van der Waals surface area contributed by atoms with Gasteiger partial charge in [-0.3, -0.25) is 4.79 Å². The fourth-order valence-corrected chi connectivity index (χ4v) is 6.49. The Morgan fingerprint density at radius 3 is 2.26 bits per heavy atom. The molecule has 1 aromatic rings. The van der Waals surface area contributed by atoms with Crippen LogP contribution in [0.5, 0.6) is 0 Å². The Kier molecular flexibility index (Phi) is 5.06. The van der Waals surface area contributed by atoms with Crippen molar-refractivity contribution in [3.8, 4) is 0 Å². The largest absolute Gasteiger partial charge is 0.355 e. The summed E-state index contributed by atoms with van der Waals surface area (Å²) in [5.41, 5.74) is 6.31. The van der Waals surface area contributed by atoms with Crippen LogP contribution in [0.25, 0.3) is 0 Å². The first-order chi connectivity index (χ1) is 12.9. The summed E-state index contributed by atoms with van der Waals surface area (Å²) in [5, 5.41) is 6.33. The maximum absolute atomic E-state index is 12.7. The molecule has 6 heteroatoms. The summed E-state index contributed by atoms with van der Waals surface area (Å²) in [4.78, 5) is 24.1. The molecular formula is C21H28ClN3O2. The van der Waals surface area contributed by atoms with E-state index >= 15 is 0 Å². The number of carbonyl (C=O) groups is 2. The smallest absolute Gasteiger partial charge is 0.312 e. The number of urea groups is 1. The zero-order valence-corrected chi connectivity index (χ0v) is 16.3. The van der Waals surface area contributed by atoms with Gasteiger partial charge in [-0.15, -0.1) is 0 Å². The van der Waals surface area contributed by atoms with Crippen LogP contribution in [0.2, 0.25) is 5.02 Å². The van der Waals surface area contributed by atoms with E-state index in [0.717, 1.165) is 24.3 Å². The maximum atomic E-state index is 12.7. The Hall–Kier alpha value is -1.75. The summed E-state index contributed by atoms with van der Waals surface area (Å²) < 4.78 is 0. The van der Waals surface area contributed by atoms with Gasteiger partial charge in [0.2, 0.25) is 5.91 Å². The molecule has 4 bridgehead atoms. The van der Waals surface area contributed by atoms with Crippen molar-refractivity contribution in [1.29, 1.82) is 0 Å². The summed E-state index contributed by atoms with van der Waals surface area (Å²) in [5.74, 6) is 2.52. The number of benzene rings is 1. The standard InChI is InChI=1S/C21H28ClN3O2/c22-17-4-2-1-3-16(17)18(25-20(23)27)8-19(26)24-12-21-9-13-5-14(10-21)7-15(6-13)11-21/h1-4,13-15,18H,5-12H2,(H,24,26)(H3,23,25,27)/t13?,14?,15?,18-,21?/m0/s1. The number of hydrogen-bond donors (Lipinski definition) is 3. The molecule has 146 valence electrons. The van der Waals surface area contributed by atoms with Gasteiger partial charge in [-0.05, 0) is 73.3 Å². The maximum Gasteiger partial charge on any atom is 0.312 e. The molecule has 0 unspecified atom stereocenters. The van der Waals surface area contributed by atoms with Crippen molar-refractivity contribution in [2.45, 2.75) is 51.0 Å². The number of hydrogen-bond acceptors (Lipinski definition) is 2. The monoisotopic (exact) mass is 389 g/mol. The fraction of sp³-hybridized carbons (Fsp3) is 0.619. The Balaban J connectivity index is 1.39. The highest BCUT2D eigenvalue weighted by Crippen LogP contribution is 2.59. The Labute approximate surface area is 165 Å². The van der Waals surface area contributed by atoms with Crippen LogP contribution in [0.4, 0.5) is 4.79 Å². The topological polar surface area (TPSA) is 84.2 Å². The predicted molar refractivity (Wildman–Crippen MR) is 105 cm³/mol. The minimum absolute atomic E-state index is 0.0654. The van der Waals surface area contributed by atoms with Crippen LogP contribution in [-0.4, -0.2) is 18.5 Å². The normalized spacial score (nSPS) is 32.1. The van der Waals surface area contributed by atoms with E-state index < -0.39 is 12.1 Å². The van der Waals surface area contributed by atoms with E-state index in [9.17, 15) is 9.59 Å². The highest BCUT2D eigenvalue weighted by Gasteiger charge is 2.50. The van der Waals surface area contributed by atoms with E-state index in [-0.39, 0.29) is 12.3 Å². The first-order valence-electron chi connectivity index (χ1n) is 9.99. The summed E-state index contributed by atoms with van der Waals surface area (Å²) in [7, 11) is 0. The number of primary amides is 1. The van der Waals surface area contributed by atoms with E-state index in [1.807, 2.05) is 18.2 Å². The van der Waals surface area contributed by atoms with Crippen molar-refractivity contribution >= 4 is 23.5 Å². The quantitative estimate of drug-likeness (QED) is 0.691. The third kappa shape index (κ3) is 4.08. The lowest BCUT2D eigenvalue weighted by Gasteiger charge is -2.56. The number of nitrogens with two attached hydrogens (primary N) is 1. The van der Waals surface area contributed by atoms with Crippen molar-refractivity contribution in [3.05, 3.63) is 34.9 Å². The van der Waals surface area contributed by atoms with E-state index in [0.29, 0.717) is 16.0 Å². The van der Waals surface area contributed by atoms with Gasteiger partial charge >= 0.3 is 6.03 Å². The van der Waals surface area contributed by atoms with Gasteiger partial charge in [0.15, 0.2) is 0 Å². The van der Waals surface area contributed by atoms with E-state index in [1.54, 1.807) is 6.07 Å². The molecule has 3 amide bonds. The minimum Gasteiger partial charge on any atom is -0.355 e. The number of rotatable bonds is 6. The zero-order chi connectivity index (χ0) is 19.0. The van der Waals surface area contributed by atoms with Crippen LogP contribution in [0.1, 0.15) is 56.6 Å². The molecule has 0 radical (unpaired) electrons. The number of halogens is 1. The predicted octanol–water partition coefficient (Wildman–Crippen LogP) is 3.77. The van der Waals surface area contributed by atoms with Crippen molar-refractivity contribution in [3.63, 3.8) is 0 Å². The molecule has 0 spiro atoms. The SMILES string of the molecule is NC(=O)N[C@@H](CC(=O)NCC12CC3CC(CC(C3)C1)C2)c1ccccc1Cl. The van der Waals surface area contributed by atoms with Crippen LogP contribution < -0.4 is 16.4 Å². The molecule has 4 N–H and O–H groups in total. The lowest BCUT2D eigenvalue weighted by atomic mass is 9.49. The van der Waals surface area contributed by atoms with Crippen LogP contribution in [0, 0.1) is 23.2 Å². The van der Waals surface area contributed by atoms with Crippen molar-refractivity contribution in [2.24, 2.45) is 28.9 Å². The second-order valence-corrected chi connectivity index (χ2v) is 9.39. The number of nitrogens with one attached hydrogen (secondary N) is 2. The Morgan fingerprint density at radius 2 is 1.70 bits per heavy atom. The molecular weight excluding hydrogens is 362 g/mol. The molecule has 0 aliphatic heterocycles. The third-order valence-electron chi connectivity index (χ3n) is 6.81. The van der Waals surface area contributed by atoms with Crippen molar-refractivity contribution in [1.82, 2.24) is 10.6 Å². The summed E-state index contributed by atoms with van der Waals surface area (Å²) in [6.45, 7) is 0.751. The highest BCUT2D eigenvalue weighted by atomic mass is 35.5. The van der Waals surface area contributed by atoms with Gasteiger partial charge in [-0.1, -0.05) is 29.8 Å². The van der Waals surface area contributed by atoms with Crippen LogP contribution in [0.15, 0.2) is 24.3 Å². The van der Waals surface area contributed by atoms with Gasteiger partial charge in [0.25, 0.3) is 0 Å². The lowest BCUT2D eigenvalue weighted by molar-refractivity contribution is -0.123. The first kappa shape index (κ1) is 18.6. The zero-order valence-electron chi connectivity index (χ0n) is 15.5. The lowest BCUT2D eigenvalue weighted by Crippen LogP contribution is -2.51. The molecule has 27 heavy (non-hydrogen) atoms. The Bertz CT molecular complexity index is 701. The molecule has 0 saturated heterocycles. The van der Waals surface area contributed by atoms with Crippen molar-refractivity contribution < 1.29 is 9.59 Å². The molecule has 0 heterocycles. The Morgan fingerprint density at radius 1 is 1.11 bits per heavy atom. The van der Waals surface area contributed by atoms with E-state index in [2.05, 4.69) is 10.6 Å². The van der Waals surface area contributed by atoms with Crippen LogP contribution in [-0.2, 0) is 4.79 Å². The number of carbonyl (C=O) groups excluding carboxylic acids is 2. The molecule has 4 saturated carbocycles. The molecule has 5 nitrogen and oxygen atoms in total. The molecule has 0 aromatic heterocycles. The minimum atomic E-state index is -0.659. The molecule has 1 atom stereocenters. The van der Waals surface area contributed by atoms with Crippen LogP contribution >= 0.6 is 11.6 Å². The van der Waals surface area contributed by atoms with E-state index in [1.165, 1.54) is 38.5 Å². The molecule has 4 aliphatic carbocycles. The van der Waals surface area contributed by atoms with E-state index in [4.69, 9.17) is 17.3 Å². The number of amides is 3. The second kappa shape index (κ2) is 7.34. The average molecular weight is 390 g/mol. The molecule has 1 aromatic carbocycles. The van der Waals surface area contributed by atoms with Crippen molar-refractivity contribution in [2.75, 3.05) is 6.54 Å². The molecule has 5 rings (SSSR count). The molecule has 4 fully saturated rings. The second-order valence-electron chi connectivity index (χ2n) is 8.98. The highest BCUT2D eigenvalue weighted by molar-refractivity contribution is 6.31. The van der Waals surface area contributed by atoms with Crippen LogP contribution in [0.3, 0.4) is 0 Å². The van der Waals surface area contributed by atoms with Gasteiger partial charge in [-0.2, -0.15) is 0 Å². The van der Waals surface area contributed by atoms with Gasteiger partial charge < -0.3 is 16.4 Å². The van der Waals surface area contributed by atoms with Gasteiger partial charge in [0.05, 0.1) is 12.5 Å². The van der Waals surface area contributed by atoms with Gasteiger partial charge in [0.1, 0.15) is 0 Å². The van der Waals surface area contributed by atoms with Gasteiger partial charge in [-0.25, -0.2) is 4.79 Å². The fourth-order valence-electron chi connectivity index (χ4n) is 6.22. The third-order valence-corrected chi connectivity index (χ3v) is 7.16. The summed E-state index contributed by atoms with van der Waals surface area (Å²) in [6, 6.07) is 6.04. The molecule has 4 aliphatic rings. The van der Waals surface area contributed by atoms with Gasteiger partial charge in [0, 0.05) is 11.6 Å². The summed E-state index contributed by atoms with van der Waals surface area (Å²) in [6.07, 6.45) is 8.09. The summed E-state index contributed by atoms with van der Waals surface area (Å²) >= 11 is 6.25. The average Bonchev–Trinajstić information content (AvgIpc) is 2.58.